The van der Waals surface area contributed by atoms with Gasteiger partial charge in [-0.1, -0.05) is 18.2 Å². The second kappa shape index (κ2) is 7.37. The predicted octanol–water partition coefficient (Wildman–Crippen LogP) is 3.91. The van der Waals surface area contributed by atoms with Crippen LogP contribution in [0.4, 0.5) is 0 Å². The van der Waals surface area contributed by atoms with Gasteiger partial charge in [0.05, 0.1) is 25.9 Å². The van der Waals surface area contributed by atoms with Gasteiger partial charge in [-0.25, -0.2) is 0 Å². The Morgan fingerprint density at radius 1 is 1.08 bits per heavy atom. The lowest BCUT2D eigenvalue weighted by molar-refractivity contribution is 0.247. The molecule has 0 N–H and O–H groups in total. The molecule has 2 aromatic carbocycles. The van der Waals surface area contributed by atoms with Gasteiger partial charge in [0.15, 0.2) is 11.5 Å². The van der Waals surface area contributed by atoms with Crippen LogP contribution in [0.15, 0.2) is 42.5 Å². The molecule has 4 heteroatoms. The van der Waals surface area contributed by atoms with E-state index in [1.165, 1.54) is 17.5 Å². The number of methoxy groups -OCH3 is 2. The van der Waals surface area contributed by atoms with Crippen LogP contribution in [0.5, 0.6) is 11.5 Å². The third-order valence-electron chi connectivity index (χ3n) is 4.62. The summed E-state index contributed by atoms with van der Waals surface area (Å²) in [6, 6.07) is 16.6. The van der Waals surface area contributed by atoms with Gasteiger partial charge in [-0.05, 0) is 54.8 Å². The van der Waals surface area contributed by atoms with Crippen molar-refractivity contribution in [2.45, 2.75) is 25.4 Å². The first kappa shape index (κ1) is 16.4. The Hall–Kier alpha value is -2.51. The zero-order valence-corrected chi connectivity index (χ0v) is 14.2. The molecule has 0 amide bonds. The lowest BCUT2D eigenvalue weighted by Crippen LogP contribution is -2.22. The molecule has 1 fully saturated rings. The normalized spacial score (nSPS) is 17.5. The molecule has 0 radical (unpaired) electrons. The standard InChI is InChI=1S/C20H22N2O2/c1-23-19-10-9-17(12-20(19)24-2)18-4-3-11-22(18)14-16-7-5-15(13-21)6-8-16/h5-10,12,18H,3-4,11,14H2,1-2H3/t18-/m0/s1. The molecular formula is C20H22N2O2. The number of hydrogen-bond acceptors (Lipinski definition) is 4. The van der Waals surface area contributed by atoms with E-state index in [2.05, 4.69) is 23.1 Å². The summed E-state index contributed by atoms with van der Waals surface area (Å²) in [5.74, 6) is 1.54. The Morgan fingerprint density at radius 3 is 2.50 bits per heavy atom. The summed E-state index contributed by atoms with van der Waals surface area (Å²) < 4.78 is 10.8. The molecule has 1 saturated heterocycles. The topological polar surface area (TPSA) is 45.5 Å². The molecule has 0 unspecified atom stereocenters. The van der Waals surface area contributed by atoms with E-state index in [0.717, 1.165) is 31.0 Å². The average Bonchev–Trinajstić information content (AvgIpc) is 3.09. The van der Waals surface area contributed by atoms with Gasteiger partial charge in [-0.3, -0.25) is 4.90 Å². The van der Waals surface area contributed by atoms with Crippen LogP contribution in [0.1, 0.15) is 35.6 Å². The summed E-state index contributed by atoms with van der Waals surface area (Å²) in [5.41, 5.74) is 3.21. The fourth-order valence-electron chi connectivity index (χ4n) is 3.37. The molecule has 0 bridgehead atoms. The van der Waals surface area contributed by atoms with Gasteiger partial charge in [-0.15, -0.1) is 0 Å². The summed E-state index contributed by atoms with van der Waals surface area (Å²) in [4.78, 5) is 2.49. The Morgan fingerprint density at radius 2 is 1.83 bits per heavy atom. The minimum atomic E-state index is 0.389. The largest absolute Gasteiger partial charge is 0.493 e. The maximum Gasteiger partial charge on any atom is 0.161 e. The van der Waals surface area contributed by atoms with E-state index in [9.17, 15) is 0 Å². The first-order chi connectivity index (χ1) is 11.7. The van der Waals surface area contributed by atoms with Crippen molar-refractivity contribution in [3.05, 3.63) is 59.2 Å². The molecule has 0 saturated carbocycles. The van der Waals surface area contributed by atoms with E-state index >= 15 is 0 Å². The Labute approximate surface area is 143 Å². The summed E-state index contributed by atoms with van der Waals surface area (Å²) in [6.07, 6.45) is 2.33. The van der Waals surface area contributed by atoms with Crippen LogP contribution in [0, 0.1) is 11.3 Å². The van der Waals surface area contributed by atoms with Gasteiger partial charge in [0, 0.05) is 12.6 Å². The molecule has 0 aliphatic carbocycles. The maximum absolute atomic E-state index is 8.91. The Balaban J connectivity index is 1.78. The van der Waals surface area contributed by atoms with Crippen molar-refractivity contribution in [2.75, 3.05) is 20.8 Å². The van der Waals surface area contributed by atoms with Crippen molar-refractivity contribution in [1.29, 1.82) is 5.26 Å². The number of ether oxygens (including phenoxy) is 2. The number of nitrogens with zero attached hydrogens (tertiary/aromatic N) is 2. The van der Waals surface area contributed by atoms with Crippen LogP contribution in [0.3, 0.4) is 0 Å². The summed E-state index contributed by atoms with van der Waals surface area (Å²) >= 11 is 0. The number of hydrogen-bond donors (Lipinski definition) is 0. The lowest BCUT2D eigenvalue weighted by Gasteiger charge is -2.25. The highest BCUT2D eigenvalue weighted by Gasteiger charge is 2.26. The van der Waals surface area contributed by atoms with Gasteiger partial charge < -0.3 is 9.47 Å². The van der Waals surface area contributed by atoms with Crippen molar-refractivity contribution in [1.82, 2.24) is 4.90 Å². The van der Waals surface area contributed by atoms with Crippen molar-refractivity contribution in [2.24, 2.45) is 0 Å². The molecule has 0 spiro atoms. The van der Waals surface area contributed by atoms with Gasteiger partial charge in [-0.2, -0.15) is 5.26 Å². The predicted molar refractivity (Wildman–Crippen MR) is 93.1 cm³/mol. The maximum atomic E-state index is 8.91. The van der Waals surface area contributed by atoms with E-state index in [-0.39, 0.29) is 0 Å². The van der Waals surface area contributed by atoms with E-state index in [4.69, 9.17) is 14.7 Å². The summed E-state index contributed by atoms with van der Waals surface area (Å²) in [7, 11) is 3.33. The SMILES string of the molecule is COc1ccc([C@@H]2CCCN2Cc2ccc(C#N)cc2)cc1OC. The lowest BCUT2D eigenvalue weighted by atomic mass is 10.0. The van der Waals surface area contributed by atoms with Crippen LogP contribution in [0.25, 0.3) is 0 Å². The summed E-state index contributed by atoms with van der Waals surface area (Å²) in [5, 5.41) is 8.91. The monoisotopic (exact) mass is 322 g/mol. The quantitative estimate of drug-likeness (QED) is 0.837. The first-order valence-electron chi connectivity index (χ1n) is 8.20. The summed E-state index contributed by atoms with van der Waals surface area (Å²) in [6.45, 7) is 1.98. The van der Waals surface area contributed by atoms with Crippen LogP contribution in [0.2, 0.25) is 0 Å². The molecule has 1 aliphatic rings. The van der Waals surface area contributed by atoms with Crippen LogP contribution < -0.4 is 9.47 Å². The molecular weight excluding hydrogens is 300 g/mol. The van der Waals surface area contributed by atoms with Crippen LogP contribution in [-0.4, -0.2) is 25.7 Å². The molecule has 3 rings (SSSR count). The highest BCUT2D eigenvalue weighted by atomic mass is 16.5. The van der Waals surface area contributed by atoms with Crippen LogP contribution in [-0.2, 0) is 6.54 Å². The Kier molecular flexibility index (Phi) is 5.02. The van der Waals surface area contributed by atoms with Gasteiger partial charge in [0.25, 0.3) is 0 Å². The van der Waals surface area contributed by atoms with Gasteiger partial charge in [0.1, 0.15) is 0 Å². The number of likely N-dealkylation sites (tertiary alicyclic amines) is 1. The molecule has 24 heavy (non-hydrogen) atoms. The van der Waals surface area contributed by atoms with Gasteiger partial charge >= 0.3 is 0 Å². The smallest absolute Gasteiger partial charge is 0.161 e. The van der Waals surface area contributed by atoms with E-state index in [0.29, 0.717) is 11.6 Å². The molecule has 0 aromatic heterocycles. The number of nitriles is 1. The average molecular weight is 322 g/mol. The minimum Gasteiger partial charge on any atom is -0.493 e. The third-order valence-corrected chi connectivity index (χ3v) is 4.62. The van der Waals surface area contributed by atoms with Crippen molar-refractivity contribution in [3.63, 3.8) is 0 Å². The number of benzene rings is 2. The highest BCUT2D eigenvalue weighted by Crippen LogP contribution is 2.37. The van der Waals surface area contributed by atoms with E-state index in [1.807, 2.05) is 30.3 Å². The fraction of sp³-hybridized carbons (Fsp3) is 0.350. The second-order valence-corrected chi connectivity index (χ2v) is 6.05. The van der Waals surface area contributed by atoms with Crippen molar-refractivity contribution < 1.29 is 9.47 Å². The van der Waals surface area contributed by atoms with Crippen molar-refractivity contribution in [3.8, 4) is 17.6 Å². The Bertz CT molecular complexity index is 734. The third kappa shape index (κ3) is 3.37. The second-order valence-electron chi connectivity index (χ2n) is 6.05. The van der Waals surface area contributed by atoms with E-state index in [1.54, 1.807) is 14.2 Å². The van der Waals surface area contributed by atoms with Crippen molar-refractivity contribution >= 4 is 0 Å². The van der Waals surface area contributed by atoms with Gasteiger partial charge in [0.2, 0.25) is 0 Å². The van der Waals surface area contributed by atoms with Crippen LogP contribution >= 0.6 is 0 Å². The molecule has 4 nitrogen and oxygen atoms in total. The highest BCUT2D eigenvalue weighted by molar-refractivity contribution is 5.44. The molecule has 2 aromatic rings. The molecule has 1 heterocycles. The molecule has 1 atom stereocenters. The molecule has 1 aliphatic heterocycles. The zero-order valence-electron chi connectivity index (χ0n) is 14.2. The first-order valence-corrected chi connectivity index (χ1v) is 8.20. The number of rotatable bonds is 5. The van der Waals surface area contributed by atoms with E-state index < -0.39 is 0 Å². The fourth-order valence-corrected chi connectivity index (χ4v) is 3.37. The molecule has 124 valence electrons. The zero-order chi connectivity index (χ0) is 16.9. The minimum absolute atomic E-state index is 0.389.